The zero-order valence-corrected chi connectivity index (χ0v) is 9.67. The van der Waals surface area contributed by atoms with Crippen molar-refractivity contribution in [2.45, 2.75) is 50.7 Å². The third-order valence-corrected chi connectivity index (χ3v) is 2.82. The summed E-state index contributed by atoms with van der Waals surface area (Å²) >= 11 is 0. The van der Waals surface area contributed by atoms with Gasteiger partial charge in [0.05, 0.1) is 18.2 Å². The monoisotopic (exact) mass is 233 g/mol. The molecule has 0 aliphatic carbocycles. The molecule has 1 fully saturated rings. The second kappa shape index (κ2) is 4.67. The van der Waals surface area contributed by atoms with Crippen LogP contribution in [0.5, 0.6) is 0 Å². The summed E-state index contributed by atoms with van der Waals surface area (Å²) in [4.78, 5) is 11.0. The van der Waals surface area contributed by atoms with Crippen LogP contribution in [0.2, 0.25) is 0 Å². The Labute approximate surface area is 94.2 Å². The highest BCUT2D eigenvalue weighted by Gasteiger charge is 2.48. The van der Waals surface area contributed by atoms with E-state index >= 15 is 0 Å². The van der Waals surface area contributed by atoms with E-state index in [1.165, 1.54) is 6.92 Å². The third-order valence-electron chi connectivity index (χ3n) is 2.82. The Bertz CT molecular complexity index is 268. The van der Waals surface area contributed by atoms with Crippen LogP contribution in [-0.2, 0) is 9.53 Å². The Balaban J connectivity index is 2.87. The molecule has 4 atom stereocenters. The van der Waals surface area contributed by atoms with Crippen molar-refractivity contribution in [3.05, 3.63) is 0 Å². The lowest BCUT2D eigenvalue weighted by Crippen LogP contribution is -2.68. The van der Waals surface area contributed by atoms with Gasteiger partial charge in [-0.25, -0.2) is 0 Å². The number of carbonyl (C=O) groups excluding carboxylic acids is 1. The van der Waals surface area contributed by atoms with E-state index < -0.39 is 30.0 Å². The molecule has 1 aliphatic heterocycles. The standard InChI is InChI=1S/C10H19NO5/c1-5(13)11-9-8(15)7(14)6(4-12)16-10(9,2)3/h6-9,12,14-15H,4H2,1-3H3,(H,11,13). The Morgan fingerprint density at radius 1 is 1.38 bits per heavy atom. The average molecular weight is 233 g/mol. The Morgan fingerprint density at radius 2 is 1.94 bits per heavy atom. The number of rotatable bonds is 2. The van der Waals surface area contributed by atoms with Gasteiger partial charge in [-0.1, -0.05) is 0 Å². The van der Waals surface area contributed by atoms with Gasteiger partial charge < -0.3 is 25.4 Å². The average Bonchev–Trinajstić information content (AvgIpc) is 2.18. The molecule has 6 nitrogen and oxygen atoms in total. The number of hydrogen-bond acceptors (Lipinski definition) is 5. The fraction of sp³-hybridized carbons (Fsp3) is 0.900. The van der Waals surface area contributed by atoms with E-state index in [2.05, 4.69) is 5.32 Å². The number of carbonyl (C=O) groups is 1. The van der Waals surface area contributed by atoms with E-state index in [1.807, 2.05) is 0 Å². The fourth-order valence-electron chi connectivity index (χ4n) is 1.98. The maximum atomic E-state index is 11.0. The molecule has 94 valence electrons. The van der Waals surface area contributed by atoms with Gasteiger partial charge in [-0.05, 0) is 13.8 Å². The molecule has 0 radical (unpaired) electrons. The number of nitrogens with one attached hydrogen (secondary N) is 1. The minimum Gasteiger partial charge on any atom is -0.394 e. The van der Waals surface area contributed by atoms with E-state index in [0.717, 1.165) is 0 Å². The van der Waals surface area contributed by atoms with Gasteiger partial charge in [0.1, 0.15) is 18.3 Å². The van der Waals surface area contributed by atoms with Gasteiger partial charge in [-0.3, -0.25) is 4.79 Å². The highest BCUT2D eigenvalue weighted by Crippen LogP contribution is 2.29. The quantitative estimate of drug-likeness (QED) is 0.459. The van der Waals surface area contributed by atoms with Crippen LogP contribution in [0.25, 0.3) is 0 Å². The van der Waals surface area contributed by atoms with Crippen LogP contribution in [0.4, 0.5) is 0 Å². The summed E-state index contributed by atoms with van der Waals surface area (Å²) in [5.74, 6) is -0.310. The van der Waals surface area contributed by atoms with Gasteiger partial charge in [0.25, 0.3) is 0 Å². The molecule has 6 heteroatoms. The van der Waals surface area contributed by atoms with Crippen molar-refractivity contribution in [2.24, 2.45) is 0 Å². The topological polar surface area (TPSA) is 99.0 Å². The first kappa shape index (κ1) is 13.4. The van der Waals surface area contributed by atoms with Crippen molar-refractivity contribution in [2.75, 3.05) is 6.61 Å². The van der Waals surface area contributed by atoms with Crippen LogP contribution in [0.15, 0.2) is 0 Å². The molecule has 0 saturated carbocycles. The van der Waals surface area contributed by atoms with Gasteiger partial charge in [-0.2, -0.15) is 0 Å². The number of aliphatic hydroxyl groups is 3. The number of ether oxygens (including phenoxy) is 1. The molecule has 1 heterocycles. The minimum absolute atomic E-state index is 0.310. The van der Waals surface area contributed by atoms with Gasteiger partial charge in [0.2, 0.25) is 5.91 Å². The lowest BCUT2D eigenvalue weighted by molar-refractivity contribution is -0.227. The van der Waals surface area contributed by atoms with Crippen molar-refractivity contribution in [3.63, 3.8) is 0 Å². The first-order valence-electron chi connectivity index (χ1n) is 5.21. The summed E-state index contributed by atoms with van der Waals surface area (Å²) in [5.41, 5.74) is -0.849. The molecule has 1 aliphatic rings. The van der Waals surface area contributed by atoms with Gasteiger partial charge in [-0.15, -0.1) is 0 Å². The van der Waals surface area contributed by atoms with E-state index in [4.69, 9.17) is 9.84 Å². The first-order valence-corrected chi connectivity index (χ1v) is 5.21. The Kier molecular flexibility index (Phi) is 3.90. The summed E-state index contributed by atoms with van der Waals surface area (Å²) < 4.78 is 5.44. The summed E-state index contributed by atoms with van der Waals surface area (Å²) in [6, 6.07) is -0.706. The molecule has 0 spiro atoms. The zero-order valence-electron chi connectivity index (χ0n) is 9.67. The van der Waals surface area contributed by atoms with Crippen LogP contribution in [0, 0.1) is 0 Å². The van der Waals surface area contributed by atoms with Crippen molar-refractivity contribution in [1.29, 1.82) is 0 Å². The van der Waals surface area contributed by atoms with Crippen LogP contribution in [0.1, 0.15) is 20.8 Å². The molecule has 0 aromatic rings. The number of amides is 1. The summed E-state index contributed by atoms with van der Waals surface area (Å²) in [6.45, 7) is 4.32. The van der Waals surface area contributed by atoms with Crippen LogP contribution in [-0.4, -0.2) is 57.8 Å². The van der Waals surface area contributed by atoms with E-state index in [0.29, 0.717) is 0 Å². The lowest BCUT2D eigenvalue weighted by atomic mass is 9.85. The minimum atomic E-state index is -1.21. The van der Waals surface area contributed by atoms with E-state index in [1.54, 1.807) is 13.8 Å². The van der Waals surface area contributed by atoms with Gasteiger partial charge in [0.15, 0.2) is 0 Å². The van der Waals surface area contributed by atoms with Crippen molar-refractivity contribution < 1.29 is 24.9 Å². The molecule has 1 rings (SSSR count). The molecule has 4 N–H and O–H groups in total. The summed E-state index contributed by atoms with van der Waals surface area (Å²) in [7, 11) is 0. The van der Waals surface area contributed by atoms with Crippen LogP contribution < -0.4 is 5.32 Å². The molecule has 1 amide bonds. The molecular formula is C10H19NO5. The fourth-order valence-corrected chi connectivity index (χ4v) is 1.98. The molecule has 0 aromatic heterocycles. The predicted octanol–water partition coefficient (Wildman–Crippen LogP) is -1.62. The maximum absolute atomic E-state index is 11.0. The molecule has 1 saturated heterocycles. The highest BCUT2D eigenvalue weighted by molar-refractivity contribution is 5.73. The third kappa shape index (κ3) is 2.52. The van der Waals surface area contributed by atoms with Gasteiger partial charge >= 0.3 is 0 Å². The van der Waals surface area contributed by atoms with Crippen molar-refractivity contribution in [3.8, 4) is 0 Å². The van der Waals surface area contributed by atoms with Crippen LogP contribution >= 0.6 is 0 Å². The highest BCUT2D eigenvalue weighted by atomic mass is 16.5. The SMILES string of the molecule is CC(=O)NC1C(O)C(O)C(CO)OC1(C)C. The second-order valence-electron chi connectivity index (χ2n) is 4.60. The molecule has 4 unspecified atom stereocenters. The number of hydrogen-bond donors (Lipinski definition) is 4. The largest absolute Gasteiger partial charge is 0.394 e. The number of aliphatic hydroxyl groups excluding tert-OH is 3. The molecule has 0 aromatic carbocycles. The zero-order chi connectivity index (χ0) is 12.5. The lowest BCUT2D eigenvalue weighted by Gasteiger charge is -2.47. The van der Waals surface area contributed by atoms with E-state index in [9.17, 15) is 15.0 Å². The summed E-state index contributed by atoms with van der Waals surface area (Å²) in [5, 5.41) is 31.1. The molecule has 16 heavy (non-hydrogen) atoms. The van der Waals surface area contributed by atoms with Crippen molar-refractivity contribution in [1.82, 2.24) is 5.32 Å². The summed E-state index contributed by atoms with van der Waals surface area (Å²) in [6.07, 6.45) is -3.21. The molecular weight excluding hydrogens is 214 g/mol. The maximum Gasteiger partial charge on any atom is 0.217 e. The first-order chi connectivity index (χ1) is 7.29. The van der Waals surface area contributed by atoms with Crippen molar-refractivity contribution >= 4 is 5.91 Å². The Hall–Kier alpha value is -0.690. The van der Waals surface area contributed by atoms with Gasteiger partial charge in [0, 0.05) is 6.92 Å². The second-order valence-corrected chi connectivity index (χ2v) is 4.60. The van der Waals surface area contributed by atoms with E-state index in [-0.39, 0.29) is 12.5 Å². The smallest absolute Gasteiger partial charge is 0.217 e. The Morgan fingerprint density at radius 3 is 2.38 bits per heavy atom. The normalized spacial score (nSPS) is 38.1. The molecule has 0 bridgehead atoms. The predicted molar refractivity (Wildman–Crippen MR) is 55.7 cm³/mol. The van der Waals surface area contributed by atoms with Crippen LogP contribution in [0.3, 0.4) is 0 Å².